The lowest BCUT2D eigenvalue weighted by Crippen LogP contribution is -2.13. The van der Waals surface area contributed by atoms with Crippen LogP contribution in [0.4, 0.5) is 5.69 Å². The number of sulfonamides is 1. The first-order valence-electron chi connectivity index (χ1n) is 7.31. The summed E-state index contributed by atoms with van der Waals surface area (Å²) < 4.78 is 22.5. The molecule has 0 aliphatic rings. The smallest absolute Gasteiger partial charge is 0.239 e. The molecule has 0 saturated carbocycles. The molecular formula is C15H14N6O3S2. The molecule has 0 bridgehead atoms. The molecule has 0 aliphatic heterocycles. The van der Waals surface area contributed by atoms with E-state index in [2.05, 4.69) is 25.5 Å². The van der Waals surface area contributed by atoms with Crippen molar-refractivity contribution in [1.29, 1.82) is 0 Å². The van der Waals surface area contributed by atoms with Crippen LogP contribution >= 0.6 is 11.8 Å². The van der Waals surface area contributed by atoms with Gasteiger partial charge in [0, 0.05) is 11.9 Å². The SMILES string of the molecule is NS(=O)(=O)c1ccc(-c2nnc(SCC(=O)Nc3ccccc3)[nH]2)nc1. The highest BCUT2D eigenvalue weighted by Crippen LogP contribution is 2.19. The minimum absolute atomic E-state index is 0.0899. The molecule has 26 heavy (non-hydrogen) atoms. The van der Waals surface area contributed by atoms with E-state index in [9.17, 15) is 13.2 Å². The molecule has 134 valence electrons. The Balaban J connectivity index is 1.60. The molecule has 0 unspecified atom stereocenters. The maximum absolute atomic E-state index is 11.9. The topological polar surface area (TPSA) is 144 Å². The predicted octanol–water partition coefficient (Wildman–Crippen LogP) is 1.24. The first kappa shape index (κ1) is 18.0. The summed E-state index contributed by atoms with van der Waals surface area (Å²) in [6.07, 6.45) is 1.15. The van der Waals surface area contributed by atoms with E-state index >= 15 is 0 Å². The number of H-pyrrole nitrogens is 1. The van der Waals surface area contributed by atoms with Crippen LogP contribution in [0.5, 0.6) is 0 Å². The number of primary sulfonamides is 1. The summed E-state index contributed by atoms with van der Waals surface area (Å²) in [6.45, 7) is 0. The van der Waals surface area contributed by atoms with E-state index in [1.807, 2.05) is 18.2 Å². The number of carbonyl (C=O) groups is 1. The number of hydrogen-bond acceptors (Lipinski definition) is 7. The van der Waals surface area contributed by atoms with Crippen LogP contribution < -0.4 is 10.5 Å². The van der Waals surface area contributed by atoms with Gasteiger partial charge in [0.25, 0.3) is 0 Å². The van der Waals surface area contributed by atoms with Crippen molar-refractivity contribution in [1.82, 2.24) is 20.2 Å². The van der Waals surface area contributed by atoms with E-state index in [0.29, 0.717) is 16.7 Å². The monoisotopic (exact) mass is 390 g/mol. The van der Waals surface area contributed by atoms with Crippen LogP contribution in [-0.4, -0.2) is 40.2 Å². The van der Waals surface area contributed by atoms with Gasteiger partial charge >= 0.3 is 0 Å². The zero-order valence-corrected chi connectivity index (χ0v) is 14.9. The molecule has 0 aliphatic carbocycles. The fraction of sp³-hybridized carbons (Fsp3) is 0.0667. The fourth-order valence-corrected chi connectivity index (χ4v) is 3.03. The number of para-hydroxylation sites is 1. The largest absolute Gasteiger partial charge is 0.325 e. The van der Waals surface area contributed by atoms with Crippen LogP contribution in [0.1, 0.15) is 0 Å². The Morgan fingerprint density at radius 1 is 1.15 bits per heavy atom. The molecule has 4 N–H and O–H groups in total. The quantitative estimate of drug-likeness (QED) is 0.537. The number of rotatable bonds is 6. The number of benzene rings is 1. The van der Waals surface area contributed by atoms with Gasteiger partial charge in [-0.15, -0.1) is 10.2 Å². The van der Waals surface area contributed by atoms with Gasteiger partial charge in [-0.3, -0.25) is 9.78 Å². The summed E-state index contributed by atoms with van der Waals surface area (Å²) in [6, 6.07) is 11.9. The molecule has 0 saturated heterocycles. The molecule has 1 amide bonds. The van der Waals surface area contributed by atoms with E-state index in [0.717, 1.165) is 11.9 Å². The average molecular weight is 390 g/mol. The molecule has 11 heteroatoms. The summed E-state index contributed by atoms with van der Waals surface area (Å²) in [5.74, 6) is 0.341. The van der Waals surface area contributed by atoms with Gasteiger partial charge in [-0.25, -0.2) is 13.6 Å². The number of nitrogens with zero attached hydrogens (tertiary/aromatic N) is 3. The summed E-state index contributed by atoms with van der Waals surface area (Å²) in [5, 5.41) is 16.1. The Hall–Kier alpha value is -2.76. The van der Waals surface area contributed by atoms with Crippen molar-refractivity contribution in [3.8, 4) is 11.5 Å². The molecule has 3 rings (SSSR count). The summed E-state index contributed by atoms with van der Waals surface area (Å²) >= 11 is 1.19. The first-order valence-corrected chi connectivity index (χ1v) is 9.84. The summed E-state index contributed by atoms with van der Waals surface area (Å²) in [5.41, 5.74) is 1.13. The highest BCUT2D eigenvalue weighted by atomic mass is 32.2. The Labute approximate surface area is 153 Å². The van der Waals surface area contributed by atoms with Crippen LogP contribution in [0.15, 0.2) is 58.7 Å². The molecule has 0 spiro atoms. The van der Waals surface area contributed by atoms with Crippen molar-refractivity contribution in [2.45, 2.75) is 10.1 Å². The second-order valence-electron chi connectivity index (χ2n) is 5.11. The van der Waals surface area contributed by atoms with Crippen LogP contribution in [-0.2, 0) is 14.8 Å². The minimum atomic E-state index is -3.80. The second kappa shape index (κ2) is 7.64. The van der Waals surface area contributed by atoms with Gasteiger partial charge in [0.2, 0.25) is 15.9 Å². The highest BCUT2D eigenvalue weighted by Gasteiger charge is 2.12. The third-order valence-electron chi connectivity index (χ3n) is 3.17. The van der Waals surface area contributed by atoms with E-state index in [-0.39, 0.29) is 16.6 Å². The van der Waals surface area contributed by atoms with Crippen LogP contribution in [0.2, 0.25) is 0 Å². The molecule has 0 radical (unpaired) electrons. The van der Waals surface area contributed by atoms with Gasteiger partial charge in [-0.2, -0.15) is 0 Å². The number of anilines is 1. The molecule has 1 aromatic carbocycles. The zero-order valence-electron chi connectivity index (χ0n) is 13.3. The highest BCUT2D eigenvalue weighted by molar-refractivity contribution is 7.99. The molecule has 2 heterocycles. The van der Waals surface area contributed by atoms with E-state index in [1.165, 1.54) is 23.9 Å². The number of thioether (sulfide) groups is 1. The van der Waals surface area contributed by atoms with Gasteiger partial charge in [-0.05, 0) is 24.3 Å². The first-order chi connectivity index (χ1) is 12.4. The second-order valence-corrected chi connectivity index (χ2v) is 7.63. The van der Waals surface area contributed by atoms with Gasteiger partial charge < -0.3 is 10.3 Å². The standard InChI is InChI=1S/C15H14N6O3S2/c16-26(23,24)11-6-7-12(17-8-11)14-19-15(21-20-14)25-9-13(22)18-10-4-2-1-3-5-10/h1-8H,9H2,(H,18,22)(H2,16,23,24)(H,19,20,21). The van der Waals surface area contributed by atoms with Crippen molar-refractivity contribution in [2.24, 2.45) is 5.14 Å². The van der Waals surface area contributed by atoms with Crippen molar-refractivity contribution in [2.75, 3.05) is 11.1 Å². The average Bonchev–Trinajstić information content (AvgIpc) is 3.09. The fourth-order valence-electron chi connectivity index (χ4n) is 1.97. The number of nitrogens with one attached hydrogen (secondary N) is 2. The minimum Gasteiger partial charge on any atom is -0.325 e. The molecule has 0 atom stereocenters. The number of amides is 1. The van der Waals surface area contributed by atoms with Crippen LogP contribution in [0.3, 0.4) is 0 Å². The third kappa shape index (κ3) is 4.65. The molecule has 2 aromatic heterocycles. The molecule has 3 aromatic rings. The molecule has 9 nitrogen and oxygen atoms in total. The third-order valence-corrected chi connectivity index (χ3v) is 4.93. The lowest BCUT2D eigenvalue weighted by atomic mass is 10.3. The number of pyridine rings is 1. The number of aromatic amines is 1. The van der Waals surface area contributed by atoms with E-state index in [1.54, 1.807) is 12.1 Å². The van der Waals surface area contributed by atoms with Crippen molar-refractivity contribution >= 4 is 33.4 Å². The Morgan fingerprint density at radius 2 is 1.92 bits per heavy atom. The predicted molar refractivity (Wildman–Crippen MR) is 96.8 cm³/mol. The van der Waals surface area contributed by atoms with Gasteiger partial charge in [0.15, 0.2) is 11.0 Å². The Morgan fingerprint density at radius 3 is 2.58 bits per heavy atom. The van der Waals surface area contributed by atoms with E-state index < -0.39 is 10.0 Å². The zero-order chi connectivity index (χ0) is 18.6. The number of aromatic nitrogens is 4. The summed E-state index contributed by atoms with van der Waals surface area (Å²) in [7, 11) is -3.80. The maximum atomic E-state index is 11.9. The number of nitrogens with two attached hydrogens (primary N) is 1. The van der Waals surface area contributed by atoms with Crippen LogP contribution in [0.25, 0.3) is 11.5 Å². The Bertz CT molecular complexity index is 1000. The lowest BCUT2D eigenvalue weighted by molar-refractivity contribution is -0.113. The van der Waals surface area contributed by atoms with E-state index in [4.69, 9.17) is 5.14 Å². The van der Waals surface area contributed by atoms with Crippen molar-refractivity contribution in [3.05, 3.63) is 48.7 Å². The maximum Gasteiger partial charge on any atom is 0.239 e. The normalized spacial score (nSPS) is 11.3. The number of hydrogen-bond donors (Lipinski definition) is 3. The van der Waals surface area contributed by atoms with Gasteiger partial charge in [-0.1, -0.05) is 30.0 Å². The van der Waals surface area contributed by atoms with Crippen molar-refractivity contribution < 1.29 is 13.2 Å². The van der Waals surface area contributed by atoms with Gasteiger partial charge in [0.1, 0.15) is 10.6 Å². The lowest BCUT2D eigenvalue weighted by Gasteiger charge is -2.03. The van der Waals surface area contributed by atoms with Gasteiger partial charge in [0.05, 0.1) is 5.75 Å². The molecule has 0 fully saturated rings. The van der Waals surface area contributed by atoms with Crippen molar-refractivity contribution in [3.63, 3.8) is 0 Å². The number of carbonyl (C=O) groups excluding carboxylic acids is 1. The Kier molecular flexibility index (Phi) is 5.30. The molecular weight excluding hydrogens is 376 g/mol. The summed E-state index contributed by atoms with van der Waals surface area (Å²) in [4.78, 5) is 18.8. The van der Waals surface area contributed by atoms with Crippen LogP contribution in [0, 0.1) is 0 Å².